The SMILES string of the molecule is C[C@@H](NC(=O)Nc1nncs1)c1ccc(C#N)cc1. The second-order valence-corrected chi connectivity index (χ2v) is 4.63. The third-order valence-corrected chi connectivity index (χ3v) is 3.07. The second kappa shape index (κ2) is 5.93. The van der Waals surface area contributed by atoms with Crippen molar-refractivity contribution in [3.63, 3.8) is 0 Å². The Bertz CT molecular complexity index is 588. The fraction of sp³-hybridized carbons (Fsp3) is 0.167. The van der Waals surface area contributed by atoms with Gasteiger partial charge in [0.1, 0.15) is 5.51 Å². The highest BCUT2D eigenvalue weighted by atomic mass is 32.1. The van der Waals surface area contributed by atoms with Crippen LogP contribution in [0.5, 0.6) is 0 Å². The Morgan fingerprint density at radius 1 is 1.42 bits per heavy atom. The lowest BCUT2D eigenvalue weighted by molar-refractivity contribution is 0.249. The van der Waals surface area contributed by atoms with Crippen LogP contribution in [-0.2, 0) is 0 Å². The zero-order chi connectivity index (χ0) is 13.7. The maximum Gasteiger partial charge on any atom is 0.321 e. The zero-order valence-corrected chi connectivity index (χ0v) is 10.9. The van der Waals surface area contributed by atoms with Crippen molar-refractivity contribution in [1.29, 1.82) is 5.26 Å². The second-order valence-electron chi connectivity index (χ2n) is 3.80. The number of rotatable bonds is 3. The molecule has 1 aromatic heterocycles. The maximum absolute atomic E-state index is 11.7. The topological polar surface area (TPSA) is 90.7 Å². The molecule has 0 radical (unpaired) electrons. The summed E-state index contributed by atoms with van der Waals surface area (Å²) in [5, 5.41) is 21.9. The summed E-state index contributed by atoms with van der Waals surface area (Å²) in [5.74, 6) is 0. The summed E-state index contributed by atoms with van der Waals surface area (Å²) >= 11 is 1.25. The number of hydrogen-bond donors (Lipinski definition) is 2. The van der Waals surface area contributed by atoms with Gasteiger partial charge in [0.25, 0.3) is 0 Å². The number of carbonyl (C=O) groups excluding carboxylic acids is 1. The molecule has 1 heterocycles. The predicted octanol–water partition coefficient (Wildman–Crippen LogP) is 2.29. The summed E-state index contributed by atoms with van der Waals surface area (Å²) in [5.41, 5.74) is 3.06. The van der Waals surface area contributed by atoms with Gasteiger partial charge in [-0.1, -0.05) is 23.5 Å². The standard InChI is InChI=1S/C12H11N5OS/c1-8(10-4-2-9(6-13)3-5-10)15-11(18)16-12-17-14-7-19-12/h2-5,7-8H,1H3,(H2,15,16,17,18)/t8-/m1/s1. The molecule has 0 fully saturated rings. The number of benzene rings is 1. The van der Waals surface area contributed by atoms with Crippen LogP contribution in [0.25, 0.3) is 0 Å². The van der Waals surface area contributed by atoms with E-state index in [1.54, 1.807) is 17.6 Å². The number of aromatic nitrogens is 2. The van der Waals surface area contributed by atoms with E-state index in [-0.39, 0.29) is 12.1 Å². The number of nitrogens with zero attached hydrogens (tertiary/aromatic N) is 3. The van der Waals surface area contributed by atoms with Crippen molar-refractivity contribution in [3.05, 3.63) is 40.9 Å². The van der Waals surface area contributed by atoms with Gasteiger partial charge in [-0.25, -0.2) is 4.79 Å². The highest BCUT2D eigenvalue weighted by Gasteiger charge is 2.10. The fourth-order valence-electron chi connectivity index (χ4n) is 1.49. The monoisotopic (exact) mass is 273 g/mol. The van der Waals surface area contributed by atoms with Crippen molar-refractivity contribution in [2.24, 2.45) is 0 Å². The highest BCUT2D eigenvalue weighted by molar-refractivity contribution is 7.13. The molecule has 6 nitrogen and oxygen atoms in total. The van der Waals surface area contributed by atoms with Gasteiger partial charge < -0.3 is 5.32 Å². The molecule has 2 N–H and O–H groups in total. The molecular formula is C12H11N5OS. The molecule has 0 aliphatic carbocycles. The number of amides is 2. The molecule has 0 aliphatic heterocycles. The van der Waals surface area contributed by atoms with Crippen molar-refractivity contribution < 1.29 is 4.79 Å². The number of hydrogen-bond acceptors (Lipinski definition) is 5. The summed E-state index contributed by atoms with van der Waals surface area (Å²) in [7, 11) is 0. The lowest BCUT2D eigenvalue weighted by atomic mass is 10.1. The maximum atomic E-state index is 11.7. The van der Waals surface area contributed by atoms with Crippen molar-refractivity contribution in [3.8, 4) is 6.07 Å². The molecule has 0 saturated heterocycles. The van der Waals surface area contributed by atoms with E-state index >= 15 is 0 Å². The number of carbonyl (C=O) groups is 1. The molecule has 1 atom stereocenters. The molecule has 19 heavy (non-hydrogen) atoms. The normalized spacial score (nSPS) is 11.4. The Hall–Kier alpha value is -2.46. The van der Waals surface area contributed by atoms with Crippen molar-refractivity contribution in [2.75, 3.05) is 5.32 Å². The van der Waals surface area contributed by atoms with Crippen LogP contribution in [0.1, 0.15) is 24.1 Å². The van der Waals surface area contributed by atoms with Crippen molar-refractivity contribution in [2.45, 2.75) is 13.0 Å². The molecule has 1 aromatic carbocycles. The van der Waals surface area contributed by atoms with Gasteiger partial charge >= 0.3 is 6.03 Å². The van der Waals surface area contributed by atoms with Gasteiger partial charge in [0.15, 0.2) is 0 Å². The summed E-state index contributed by atoms with van der Waals surface area (Å²) in [6.45, 7) is 1.86. The lowest BCUT2D eigenvalue weighted by Crippen LogP contribution is -2.31. The molecule has 0 bridgehead atoms. The van der Waals surface area contributed by atoms with Crippen LogP contribution in [0.2, 0.25) is 0 Å². The summed E-state index contributed by atoms with van der Waals surface area (Å²) < 4.78 is 0. The van der Waals surface area contributed by atoms with E-state index in [0.717, 1.165) is 5.56 Å². The largest absolute Gasteiger partial charge is 0.331 e. The quantitative estimate of drug-likeness (QED) is 0.897. The van der Waals surface area contributed by atoms with Crippen molar-refractivity contribution in [1.82, 2.24) is 15.5 Å². The van der Waals surface area contributed by atoms with E-state index in [9.17, 15) is 4.79 Å². The molecule has 0 saturated carbocycles. The third-order valence-electron chi connectivity index (χ3n) is 2.47. The van der Waals surface area contributed by atoms with E-state index in [1.165, 1.54) is 11.3 Å². The lowest BCUT2D eigenvalue weighted by Gasteiger charge is -2.14. The molecular weight excluding hydrogens is 262 g/mol. The molecule has 2 rings (SSSR count). The van der Waals surface area contributed by atoms with Gasteiger partial charge in [-0.2, -0.15) is 5.26 Å². The van der Waals surface area contributed by atoms with Crippen LogP contribution in [0, 0.1) is 11.3 Å². The average molecular weight is 273 g/mol. The van der Waals surface area contributed by atoms with Crippen LogP contribution in [0.15, 0.2) is 29.8 Å². The van der Waals surface area contributed by atoms with Gasteiger partial charge in [0, 0.05) is 0 Å². The number of nitriles is 1. The van der Waals surface area contributed by atoms with E-state index < -0.39 is 0 Å². The summed E-state index contributed by atoms with van der Waals surface area (Å²) in [6, 6.07) is 8.61. The van der Waals surface area contributed by atoms with E-state index in [1.807, 2.05) is 19.1 Å². The van der Waals surface area contributed by atoms with Gasteiger partial charge in [-0.15, -0.1) is 10.2 Å². The zero-order valence-electron chi connectivity index (χ0n) is 10.1. The fourth-order valence-corrected chi connectivity index (χ4v) is 1.93. The number of anilines is 1. The van der Waals surface area contributed by atoms with Crippen LogP contribution in [0.4, 0.5) is 9.93 Å². The molecule has 0 unspecified atom stereocenters. The number of nitrogens with one attached hydrogen (secondary N) is 2. The minimum absolute atomic E-state index is 0.166. The number of urea groups is 1. The molecule has 7 heteroatoms. The predicted molar refractivity (Wildman–Crippen MR) is 71.6 cm³/mol. The van der Waals surface area contributed by atoms with Crippen molar-refractivity contribution >= 4 is 22.5 Å². The third kappa shape index (κ3) is 3.50. The summed E-state index contributed by atoms with van der Waals surface area (Å²) in [4.78, 5) is 11.7. The minimum Gasteiger partial charge on any atom is -0.331 e. The van der Waals surface area contributed by atoms with Crippen LogP contribution in [0.3, 0.4) is 0 Å². The Morgan fingerprint density at radius 2 is 2.16 bits per heavy atom. The highest BCUT2D eigenvalue weighted by Crippen LogP contribution is 2.14. The first kappa shape index (κ1) is 13.0. The molecule has 2 amide bonds. The van der Waals surface area contributed by atoms with Crippen LogP contribution < -0.4 is 10.6 Å². The van der Waals surface area contributed by atoms with Gasteiger partial charge in [-0.3, -0.25) is 5.32 Å². The van der Waals surface area contributed by atoms with Crippen LogP contribution in [-0.4, -0.2) is 16.2 Å². The first-order valence-electron chi connectivity index (χ1n) is 5.53. The van der Waals surface area contributed by atoms with E-state index in [4.69, 9.17) is 5.26 Å². The molecule has 2 aromatic rings. The van der Waals surface area contributed by atoms with Crippen LogP contribution >= 0.6 is 11.3 Å². The molecule has 0 spiro atoms. The van der Waals surface area contributed by atoms with Gasteiger partial charge in [0.05, 0.1) is 17.7 Å². The van der Waals surface area contributed by atoms with Gasteiger partial charge in [-0.05, 0) is 24.6 Å². The first-order chi connectivity index (χ1) is 9.19. The Labute approximate surface area is 114 Å². The minimum atomic E-state index is -0.339. The Morgan fingerprint density at radius 3 is 2.74 bits per heavy atom. The molecule has 96 valence electrons. The van der Waals surface area contributed by atoms with E-state index in [2.05, 4.69) is 26.9 Å². The summed E-state index contributed by atoms with van der Waals surface area (Å²) in [6.07, 6.45) is 0. The van der Waals surface area contributed by atoms with E-state index in [0.29, 0.717) is 10.7 Å². The molecule has 0 aliphatic rings. The first-order valence-corrected chi connectivity index (χ1v) is 6.41. The smallest absolute Gasteiger partial charge is 0.321 e. The Balaban J connectivity index is 1.94. The Kier molecular flexibility index (Phi) is 4.05. The average Bonchev–Trinajstić information content (AvgIpc) is 2.91. The van der Waals surface area contributed by atoms with Gasteiger partial charge in [0.2, 0.25) is 5.13 Å².